The normalized spacial score (nSPS) is 16.6. The van der Waals surface area contributed by atoms with Crippen molar-refractivity contribution in [3.63, 3.8) is 0 Å². The molecule has 29 heavy (non-hydrogen) atoms. The van der Waals surface area contributed by atoms with Crippen molar-refractivity contribution < 1.29 is 0 Å². The van der Waals surface area contributed by atoms with Gasteiger partial charge in [0.25, 0.3) is 5.56 Å². The minimum absolute atomic E-state index is 0.0819. The molecule has 146 valence electrons. The van der Waals surface area contributed by atoms with Crippen molar-refractivity contribution in [3.8, 4) is 0 Å². The molecule has 0 saturated heterocycles. The molecular weight excluding hydrogens is 384 g/mol. The van der Waals surface area contributed by atoms with Gasteiger partial charge in [0.15, 0.2) is 0 Å². The molecule has 0 spiro atoms. The molecular formula is C21H20N6OS. The van der Waals surface area contributed by atoms with Gasteiger partial charge in [0.2, 0.25) is 0 Å². The van der Waals surface area contributed by atoms with Crippen LogP contribution in [0.15, 0.2) is 63.6 Å². The van der Waals surface area contributed by atoms with E-state index >= 15 is 0 Å². The second-order valence-electron chi connectivity index (χ2n) is 7.86. The molecule has 0 N–H and O–H groups in total. The molecule has 0 radical (unpaired) electrons. The maximum absolute atomic E-state index is 12.9. The molecule has 7 nitrogen and oxygen atoms in total. The van der Waals surface area contributed by atoms with E-state index in [2.05, 4.69) is 21.5 Å². The van der Waals surface area contributed by atoms with Crippen molar-refractivity contribution in [2.75, 3.05) is 0 Å². The Labute approximate surface area is 171 Å². The molecule has 2 aliphatic rings. The van der Waals surface area contributed by atoms with Gasteiger partial charge in [-0.3, -0.25) is 14.2 Å². The van der Waals surface area contributed by atoms with E-state index in [1.165, 1.54) is 30.4 Å². The molecule has 0 aliphatic heterocycles. The zero-order valence-electron chi connectivity index (χ0n) is 15.8. The summed E-state index contributed by atoms with van der Waals surface area (Å²) in [5.74, 6) is 0. The number of benzene rings is 1. The van der Waals surface area contributed by atoms with E-state index in [1.54, 1.807) is 18.0 Å². The SMILES string of the molecule is O=c1c2ccc(Sc3cnn(C4CC4)c3)cc2cnn1Cc1ccn(C2CC2)n1. The molecule has 2 fully saturated rings. The average Bonchev–Trinajstić information content (AvgIpc) is 3.66. The first-order chi connectivity index (χ1) is 14.2. The highest BCUT2D eigenvalue weighted by atomic mass is 32.2. The quantitative estimate of drug-likeness (QED) is 0.490. The number of hydrogen-bond acceptors (Lipinski definition) is 5. The van der Waals surface area contributed by atoms with Crippen LogP contribution in [0.4, 0.5) is 0 Å². The molecule has 1 aromatic carbocycles. The lowest BCUT2D eigenvalue weighted by molar-refractivity contribution is 0.593. The Morgan fingerprint density at radius 1 is 0.966 bits per heavy atom. The summed E-state index contributed by atoms with van der Waals surface area (Å²) in [5.41, 5.74) is 0.785. The van der Waals surface area contributed by atoms with E-state index < -0.39 is 0 Å². The Morgan fingerprint density at radius 2 is 1.79 bits per heavy atom. The molecule has 2 aliphatic carbocycles. The minimum Gasteiger partial charge on any atom is -0.269 e. The van der Waals surface area contributed by atoms with Gasteiger partial charge in [0, 0.05) is 22.7 Å². The Morgan fingerprint density at radius 3 is 2.62 bits per heavy atom. The zero-order valence-corrected chi connectivity index (χ0v) is 16.6. The highest BCUT2D eigenvalue weighted by molar-refractivity contribution is 7.99. The largest absolute Gasteiger partial charge is 0.274 e. The van der Waals surface area contributed by atoms with Crippen LogP contribution >= 0.6 is 11.8 Å². The van der Waals surface area contributed by atoms with Crippen LogP contribution in [0.2, 0.25) is 0 Å². The predicted octanol–water partition coefficient (Wildman–Crippen LogP) is 3.66. The molecule has 6 rings (SSSR count). The Balaban J connectivity index is 1.24. The Hall–Kier alpha value is -2.87. The van der Waals surface area contributed by atoms with E-state index in [0.717, 1.165) is 20.9 Å². The van der Waals surface area contributed by atoms with Crippen LogP contribution in [0.1, 0.15) is 43.5 Å². The van der Waals surface area contributed by atoms with Crippen molar-refractivity contribution in [2.45, 2.75) is 54.1 Å². The fourth-order valence-corrected chi connectivity index (χ4v) is 4.40. The molecule has 8 heteroatoms. The third-order valence-corrected chi connectivity index (χ3v) is 6.39. The van der Waals surface area contributed by atoms with Gasteiger partial charge in [-0.25, -0.2) is 4.68 Å². The van der Waals surface area contributed by atoms with E-state index in [1.807, 2.05) is 46.0 Å². The third-order valence-electron chi connectivity index (χ3n) is 5.45. The van der Waals surface area contributed by atoms with Gasteiger partial charge in [-0.2, -0.15) is 15.3 Å². The number of aromatic nitrogens is 6. The van der Waals surface area contributed by atoms with Crippen molar-refractivity contribution in [1.29, 1.82) is 0 Å². The van der Waals surface area contributed by atoms with Gasteiger partial charge < -0.3 is 0 Å². The first kappa shape index (κ1) is 17.0. The smallest absolute Gasteiger partial charge is 0.269 e. The summed E-state index contributed by atoms with van der Waals surface area (Å²) in [5, 5.41) is 14.9. The number of hydrogen-bond donors (Lipinski definition) is 0. The monoisotopic (exact) mass is 404 g/mol. The first-order valence-electron chi connectivity index (χ1n) is 9.99. The lowest BCUT2D eigenvalue weighted by atomic mass is 10.2. The average molecular weight is 404 g/mol. The molecule has 3 heterocycles. The summed E-state index contributed by atoms with van der Waals surface area (Å²) in [6, 6.07) is 9.01. The van der Waals surface area contributed by atoms with Gasteiger partial charge in [-0.1, -0.05) is 11.8 Å². The summed E-state index contributed by atoms with van der Waals surface area (Å²) < 4.78 is 5.54. The fraction of sp³-hybridized carbons (Fsp3) is 0.333. The molecule has 0 atom stereocenters. The lowest BCUT2D eigenvalue weighted by Gasteiger charge is -2.06. The topological polar surface area (TPSA) is 70.5 Å². The first-order valence-corrected chi connectivity index (χ1v) is 10.8. The van der Waals surface area contributed by atoms with Gasteiger partial charge in [-0.05, 0) is 49.9 Å². The molecule has 4 aromatic rings. The van der Waals surface area contributed by atoms with Crippen LogP contribution in [0, 0.1) is 0 Å². The van der Waals surface area contributed by atoms with Crippen LogP contribution in [-0.4, -0.2) is 29.3 Å². The molecule has 2 saturated carbocycles. The van der Waals surface area contributed by atoms with E-state index in [9.17, 15) is 4.79 Å². The van der Waals surface area contributed by atoms with E-state index in [4.69, 9.17) is 0 Å². The maximum atomic E-state index is 12.9. The van der Waals surface area contributed by atoms with Crippen LogP contribution in [0.5, 0.6) is 0 Å². The van der Waals surface area contributed by atoms with Crippen LogP contribution in [0.3, 0.4) is 0 Å². The van der Waals surface area contributed by atoms with E-state index in [-0.39, 0.29) is 5.56 Å². The summed E-state index contributed by atoms with van der Waals surface area (Å²) >= 11 is 1.66. The van der Waals surface area contributed by atoms with Crippen molar-refractivity contribution >= 4 is 22.5 Å². The Kier molecular flexibility index (Phi) is 3.87. The van der Waals surface area contributed by atoms with Crippen molar-refractivity contribution in [2.24, 2.45) is 0 Å². The highest BCUT2D eigenvalue weighted by Gasteiger charge is 2.25. The van der Waals surface area contributed by atoms with Crippen LogP contribution in [0.25, 0.3) is 10.8 Å². The summed E-state index contributed by atoms with van der Waals surface area (Å²) in [4.78, 5) is 15.1. The fourth-order valence-electron chi connectivity index (χ4n) is 3.55. The van der Waals surface area contributed by atoms with Crippen molar-refractivity contribution in [3.05, 3.63) is 65.1 Å². The van der Waals surface area contributed by atoms with E-state index in [0.29, 0.717) is 24.0 Å². The minimum atomic E-state index is -0.0819. The number of nitrogens with zero attached hydrogens (tertiary/aromatic N) is 6. The summed E-state index contributed by atoms with van der Waals surface area (Å²) in [7, 11) is 0. The number of fused-ring (bicyclic) bond motifs is 1. The second-order valence-corrected chi connectivity index (χ2v) is 9.01. The summed E-state index contributed by atoms with van der Waals surface area (Å²) in [6.45, 7) is 0.394. The van der Waals surface area contributed by atoms with Crippen LogP contribution in [-0.2, 0) is 6.54 Å². The number of rotatable bonds is 6. The third kappa shape index (κ3) is 3.37. The van der Waals surface area contributed by atoms with Gasteiger partial charge >= 0.3 is 0 Å². The molecule has 0 amide bonds. The van der Waals surface area contributed by atoms with Gasteiger partial charge in [0.05, 0.1) is 47.0 Å². The molecule has 0 unspecified atom stereocenters. The van der Waals surface area contributed by atoms with Gasteiger partial charge in [0.1, 0.15) is 0 Å². The maximum Gasteiger partial charge on any atom is 0.274 e. The lowest BCUT2D eigenvalue weighted by Crippen LogP contribution is -2.23. The highest BCUT2D eigenvalue weighted by Crippen LogP contribution is 2.36. The van der Waals surface area contributed by atoms with Crippen LogP contribution < -0.4 is 5.56 Å². The zero-order chi connectivity index (χ0) is 19.4. The van der Waals surface area contributed by atoms with Crippen molar-refractivity contribution in [1.82, 2.24) is 29.3 Å². The Bertz CT molecular complexity index is 1260. The molecule has 3 aromatic heterocycles. The standard InChI is InChI=1S/C21H20N6OS/c28-21-20-6-5-18(29-19-11-23-26(13-19)17-3-4-17)9-14(20)10-22-27(21)12-15-7-8-25(24-15)16-1-2-16/h5-11,13,16-17H,1-4,12H2. The summed E-state index contributed by atoms with van der Waals surface area (Å²) in [6.07, 6.45) is 12.6. The van der Waals surface area contributed by atoms with Gasteiger partial charge in [-0.15, -0.1) is 0 Å². The second kappa shape index (κ2) is 6.59. The predicted molar refractivity (Wildman–Crippen MR) is 110 cm³/mol. The molecule has 0 bridgehead atoms.